The molecule has 6 heteroatoms. The molecular weight excluding hydrogens is 350 g/mol. The van der Waals surface area contributed by atoms with Crippen LogP contribution in [0.3, 0.4) is 0 Å². The van der Waals surface area contributed by atoms with Gasteiger partial charge in [0.25, 0.3) is 5.91 Å². The number of pyridine rings is 3. The molecule has 0 bridgehead atoms. The van der Waals surface area contributed by atoms with E-state index in [4.69, 9.17) is 0 Å². The SMILES string of the molecule is Cc1cnccc1CNC(=O)c1cnc(N2CCc3ncccc3C2)c(C)c1. The fourth-order valence-electron chi connectivity index (χ4n) is 3.55. The molecule has 0 radical (unpaired) electrons. The van der Waals surface area contributed by atoms with Crippen LogP contribution in [0.5, 0.6) is 0 Å². The van der Waals surface area contributed by atoms with Gasteiger partial charge in [-0.2, -0.15) is 0 Å². The molecule has 6 nitrogen and oxygen atoms in total. The van der Waals surface area contributed by atoms with E-state index in [0.29, 0.717) is 12.1 Å². The smallest absolute Gasteiger partial charge is 0.253 e. The monoisotopic (exact) mass is 373 g/mol. The Morgan fingerprint density at radius 1 is 1.14 bits per heavy atom. The molecule has 3 aromatic rings. The van der Waals surface area contributed by atoms with Gasteiger partial charge in [-0.3, -0.25) is 14.8 Å². The fraction of sp³-hybridized carbons (Fsp3) is 0.273. The number of aromatic nitrogens is 3. The Kier molecular flexibility index (Phi) is 5.02. The molecule has 1 aliphatic rings. The number of aryl methyl sites for hydroxylation is 2. The molecule has 1 aliphatic heterocycles. The van der Waals surface area contributed by atoms with Gasteiger partial charge in [0.05, 0.1) is 5.56 Å². The van der Waals surface area contributed by atoms with E-state index in [1.807, 2.05) is 38.2 Å². The number of hydrogen-bond acceptors (Lipinski definition) is 5. The lowest BCUT2D eigenvalue weighted by Gasteiger charge is -2.30. The van der Waals surface area contributed by atoms with Crippen LogP contribution in [-0.2, 0) is 19.5 Å². The van der Waals surface area contributed by atoms with E-state index in [0.717, 1.165) is 42.0 Å². The highest BCUT2D eigenvalue weighted by molar-refractivity contribution is 5.94. The highest BCUT2D eigenvalue weighted by Gasteiger charge is 2.20. The predicted molar refractivity (Wildman–Crippen MR) is 108 cm³/mol. The first-order chi connectivity index (χ1) is 13.6. The number of rotatable bonds is 4. The van der Waals surface area contributed by atoms with Crippen molar-refractivity contribution in [1.82, 2.24) is 20.3 Å². The second-order valence-electron chi connectivity index (χ2n) is 7.13. The summed E-state index contributed by atoms with van der Waals surface area (Å²) in [5.41, 5.74) is 6.10. The van der Waals surface area contributed by atoms with E-state index in [1.165, 1.54) is 11.3 Å². The largest absolute Gasteiger partial charge is 0.352 e. The molecule has 0 fully saturated rings. The number of hydrogen-bond donors (Lipinski definition) is 1. The number of carbonyl (C=O) groups is 1. The van der Waals surface area contributed by atoms with Gasteiger partial charge < -0.3 is 10.2 Å². The Morgan fingerprint density at radius 2 is 2.04 bits per heavy atom. The third-order valence-corrected chi connectivity index (χ3v) is 5.15. The summed E-state index contributed by atoms with van der Waals surface area (Å²) in [5, 5.41) is 2.97. The quantitative estimate of drug-likeness (QED) is 0.761. The van der Waals surface area contributed by atoms with Crippen molar-refractivity contribution in [2.24, 2.45) is 0 Å². The van der Waals surface area contributed by atoms with Crippen LogP contribution in [0.4, 0.5) is 5.82 Å². The topological polar surface area (TPSA) is 71.0 Å². The van der Waals surface area contributed by atoms with Crippen LogP contribution in [0.1, 0.15) is 38.3 Å². The van der Waals surface area contributed by atoms with Gasteiger partial charge in [-0.15, -0.1) is 0 Å². The van der Waals surface area contributed by atoms with Crippen LogP contribution in [0.2, 0.25) is 0 Å². The Morgan fingerprint density at radius 3 is 2.86 bits per heavy atom. The van der Waals surface area contributed by atoms with E-state index in [1.54, 1.807) is 18.6 Å². The molecule has 0 aromatic carbocycles. The summed E-state index contributed by atoms with van der Waals surface area (Å²) < 4.78 is 0. The third kappa shape index (κ3) is 3.71. The lowest BCUT2D eigenvalue weighted by Crippen LogP contribution is -2.32. The summed E-state index contributed by atoms with van der Waals surface area (Å²) in [6.07, 6.45) is 7.95. The number of amides is 1. The molecule has 28 heavy (non-hydrogen) atoms. The van der Waals surface area contributed by atoms with Crippen molar-refractivity contribution < 1.29 is 4.79 Å². The summed E-state index contributed by atoms with van der Waals surface area (Å²) in [4.78, 5) is 27.9. The van der Waals surface area contributed by atoms with Crippen LogP contribution in [0, 0.1) is 13.8 Å². The summed E-state index contributed by atoms with van der Waals surface area (Å²) in [5.74, 6) is 0.808. The van der Waals surface area contributed by atoms with E-state index in [9.17, 15) is 4.79 Å². The van der Waals surface area contributed by atoms with Gasteiger partial charge in [-0.25, -0.2) is 4.98 Å². The molecule has 4 heterocycles. The van der Waals surface area contributed by atoms with Gasteiger partial charge in [-0.05, 0) is 54.3 Å². The lowest BCUT2D eigenvalue weighted by molar-refractivity contribution is 0.0950. The summed E-state index contributed by atoms with van der Waals surface area (Å²) in [6.45, 7) is 6.14. The van der Waals surface area contributed by atoms with Crippen LogP contribution in [0.15, 0.2) is 49.1 Å². The van der Waals surface area contributed by atoms with Crippen LogP contribution in [0.25, 0.3) is 0 Å². The van der Waals surface area contributed by atoms with Crippen LogP contribution < -0.4 is 10.2 Å². The molecule has 1 N–H and O–H groups in total. The second-order valence-corrected chi connectivity index (χ2v) is 7.13. The highest BCUT2D eigenvalue weighted by Crippen LogP contribution is 2.24. The number of carbonyl (C=O) groups excluding carboxylic acids is 1. The highest BCUT2D eigenvalue weighted by atomic mass is 16.1. The molecular formula is C22H23N5O. The van der Waals surface area contributed by atoms with Gasteiger partial charge >= 0.3 is 0 Å². The van der Waals surface area contributed by atoms with Crippen molar-refractivity contribution in [3.05, 3.63) is 82.6 Å². The molecule has 4 rings (SSSR count). The summed E-state index contributed by atoms with van der Waals surface area (Å²) in [7, 11) is 0. The Hall–Kier alpha value is -3.28. The minimum Gasteiger partial charge on any atom is -0.352 e. The van der Waals surface area contributed by atoms with E-state index < -0.39 is 0 Å². The summed E-state index contributed by atoms with van der Waals surface area (Å²) in [6, 6.07) is 7.92. The zero-order valence-corrected chi connectivity index (χ0v) is 16.1. The Labute approximate surface area is 164 Å². The Bertz CT molecular complexity index is 1020. The average Bonchev–Trinajstić information content (AvgIpc) is 2.72. The number of nitrogens with zero attached hydrogens (tertiary/aromatic N) is 4. The van der Waals surface area contributed by atoms with Gasteiger partial charge in [0, 0.05) is 56.5 Å². The van der Waals surface area contributed by atoms with Gasteiger partial charge in [0.1, 0.15) is 5.82 Å². The van der Waals surface area contributed by atoms with Crippen molar-refractivity contribution in [3.8, 4) is 0 Å². The minimum absolute atomic E-state index is 0.119. The van der Waals surface area contributed by atoms with Crippen LogP contribution >= 0.6 is 0 Å². The van der Waals surface area contributed by atoms with E-state index in [-0.39, 0.29) is 5.91 Å². The molecule has 0 atom stereocenters. The van der Waals surface area contributed by atoms with Crippen molar-refractivity contribution in [1.29, 1.82) is 0 Å². The minimum atomic E-state index is -0.119. The molecule has 0 unspecified atom stereocenters. The van der Waals surface area contributed by atoms with E-state index in [2.05, 4.69) is 31.2 Å². The van der Waals surface area contributed by atoms with Crippen LogP contribution in [-0.4, -0.2) is 27.4 Å². The molecule has 0 saturated carbocycles. The van der Waals surface area contributed by atoms with Crippen molar-refractivity contribution >= 4 is 11.7 Å². The fourth-order valence-corrected chi connectivity index (χ4v) is 3.55. The number of anilines is 1. The maximum atomic E-state index is 12.5. The maximum absolute atomic E-state index is 12.5. The molecule has 0 spiro atoms. The molecule has 0 saturated heterocycles. The van der Waals surface area contributed by atoms with Crippen molar-refractivity contribution in [3.63, 3.8) is 0 Å². The third-order valence-electron chi connectivity index (χ3n) is 5.15. The van der Waals surface area contributed by atoms with Gasteiger partial charge in [-0.1, -0.05) is 6.07 Å². The first kappa shape index (κ1) is 18.1. The summed E-state index contributed by atoms with van der Waals surface area (Å²) >= 11 is 0. The number of fused-ring (bicyclic) bond motifs is 1. The Balaban J connectivity index is 1.46. The maximum Gasteiger partial charge on any atom is 0.253 e. The first-order valence-electron chi connectivity index (χ1n) is 9.44. The second kappa shape index (κ2) is 7.76. The van der Waals surface area contributed by atoms with E-state index >= 15 is 0 Å². The lowest BCUT2D eigenvalue weighted by atomic mass is 10.0. The molecule has 0 aliphatic carbocycles. The number of nitrogens with one attached hydrogen (secondary N) is 1. The zero-order chi connectivity index (χ0) is 19.5. The van der Waals surface area contributed by atoms with Crippen molar-refractivity contribution in [2.75, 3.05) is 11.4 Å². The normalized spacial score (nSPS) is 13.1. The first-order valence-corrected chi connectivity index (χ1v) is 9.44. The molecule has 142 valence electrons. The van der Waals surface area contributed by atoms with Crippen molar-refractivity contribution in [2.45, 2.75) is 33.4 Å². The predicted octanol–water partition coefficient (Wildman–Crippen LogP) is 2.98. The van der Waals surface area contributed by atoms with Gasteiger partial charge in [0.2, 0.25) is 0 Å². The van der Waals surface area contributed by atoms with Gasteiger partial charge in [0.15, 0.2) is 0 Å². The molecule has 3 aromatic heterocycles. The standard InChI is InChI=1S/C22H23N5O/c1-15-10-19(22(28)26-12-17-5-8-23-11-16(17)2)13-25-21(15)27-9-6-20-18(14-27)4-3-7-24-20/h3-5,7-8,10-11,13H,6,9,12,14H2,1-2H3,(H,26,28). The average molecular weight is 373 g/mol. The zero-order valence-electron chi connectivity index (χ0n) is 16.1. The molecule has 1 amide bonds.